The lowest BCUT2D eigenvalue weighted by molar-refractivity contribution is -0.134. The van der Waals surface area contributed by atoms with Gasteiger partial charge in [-0.15, -0.1) is 0 Å². The van der Waals surface area contributed by atoms with Crippen LogP contribution in [0.4, 0.5) is 0 Å². The van der Waals surface area contributed by atoms with Crippen molar-refractivity contribution < 1.29 is 4.79 Å². The van der Waals surface area contributed by atoms with Crippen LogP contribution in [0.2, 0.25) is 0 Å². The van der Waals surface area contributed by atoms with Crippen molar-refractivity contribution >= 4 is 5.91 Å². The van der Waals surface area contributed by atoms with Crippen LogP contribution in [-0.2, 0) is 11.8 Å². The monoisotopic (exact) mass is 289 g/mol. The zero-order valence-electron chi connectivity index (χ0n) is 13.2. The highest BCUT2D eigenvalue weighted by molar-refractivity contribution is 5.79. The molecule has 0 aromatic carbocycles. The SMILES string of the molecule is CN(C(=O)CN1CCC[C@H]1c1cnn(C)c1)C(C)(C)C#N. The zero-order chi connectivity index (χ0) is 15.6. The summed E-state index contributed by atoms with van der Waals surface area (Å²) in [7, 11) is 3.60. The van der Waals surface area contributed by atoms with Crippen molar-refractivity contribution in [2.45, 2.75) is 38.3 Å². The number of carbonyl (C=O) groups is 1. The summed E-state index contributed by atoms with van der Waals surface area (Å²) in [5, 5.41) is 13.4. The molecule has 1 fully saturated rings. The van der Waals surface area contributed by atoms with Gasteiger partial charge in [0.25, 0.3) is 0 Å². The summed E-state index contributed by atoms with van der Waals surface area (Å²) >= 11 is 0. The van der Waals surface area contributed by atoms with E-state index in [-0.39, 0.29) is 11.9 Å². The number of hydrogen-bond donors (Lipinski definition) is 0. The van der Waals surface area contributed by atoms with Crippen LogP contribution < -0.4 is 0 Å². The number of aromatic nitrogens is 2. The fourth-order valence-electron chi connectivity index (χ4n) is 2.67. The number of amides is 1. The van der Waals surface area contributed by atoms with Gasteiger partial charge in [0.05, 0.1) is 18.8 Å². The van der Waals surface area contributed by atoms with Crippen LogP contribution in [0, 0.1) is 11.3 Å². The Hall–Kier alpha value is -1.87. The van der Waals surface area contributed by atoms with E-state index >= 15 is 0 Å². The van der Waals surface area contributed by atoms with Crippen molar-refractivity contribution in [1.29, 1.82) is 5.26 Å². The van der Waals surface area contributed by atoms with Gasteiger partial charge in [-0.25, -0.2) is 0 Å². The van der Waals surface area contributed by atoms with Crippen LogP contribution in [0.3, 0.4) is 0 Å². The van der Waals surface area contributed by atoms with E-state index in [1.54, 1.807) is 25.6 Å². The Balaban J connectivity index is 2.05. The topological polar surface area (TPSA) is 65.2 Å². The second kappa shape index (κ2) is 5.86. The molecule has 1 aromatic rings. The summed E-state index contributed by atoms with van der Waals surface area (Å²) in [4.78, 5) is 16.1. The van der Waals surface area contributed by atoms with E-state index < -0.39 is 5.54 Å². The first-order valence-corrected chi connectivity index (χ1v) is 7.25. The highest BCUT2D eigenvalue weighted by Crippen LogP contribution is 2.31. The first-order chi connectivity index (χ1) is 9.85. The molecule has 1 aliphatic heterocycles. The molecular weight excluding hydrogens is 266 g/mol. The molecule has 1 amide bonds. The molecule has 0 spiro atoms. The Labute approximate surface area is 125 Å². The fraction of sp³-hybridized carbons (Fsp3) is 0.667. The van der Waals surface area contributed by atoms with Gasteiger partial charge < -0.3 is 4.90 Å². The normalized spacial score (nSPS) is 19.5. The van der Waals surface area contributed by atoms with Crippen LogP contribution in [0.25, 0.3) is 0 Å². The highest BCUT2D eigenvalue weighted by atomic mass is 16.2. The van der Waals surface area contributed by atoms with Crippen molar-refractivity contribution in [3.8, 4) is 6.07 Å². The second-order valence-corrected chi connectivity index (χ2v) is 6.20. The standard InChI is InChI=1S/C15H23N5O/c1-15(2,11-16)19(4)14(21)10-20-7-5-6-13(20)12-8-17-18(3)9-12/h8-9,13H,5-7,10H2,1-4H3/t13-/m0/s1. The predicted octanol–water partition coefficient (Wildman–Crippen LogP) is 1.32. The third-order valence-electron chi connectivity index (χ3n) is 4.30. The van der Waals surface area contributed by atoms with Crippen LogP contribution in [0.15, 0.2) is 12.4 Å². The van der Waals surface area contributed by atoms with Crippen LogP contribution >= 0.6 is 0 Å². The van der Waals surface area contributed by atoms with E-state index in [0.29, 0.717) is 6.54 Å². The Morgan fingerprint density at radius 2 is 2.33 bits per heavy atom. The number of rotatable bonds is 4. The Morgan fingerprint density at radius 1 is 1.62 bits per heavy atom. The lowest BCUT2D eigenvalue weighted by atomic mass is 10.1. The smallest absolute Gasteiger partial charge is 0.237 e. The fourth-order valence-corrected chi connectivity index (χ4v) is 2.67. The Bertz CT molecular complexity index is 557. The lowest BCUT2D eigenvalue weighted by Gasteiger charge is -2.32. The number of aryl methyl sites for hydroxylation is 1. The number of nitriles is 1. The molecule has 0 saturated carbocycles. The molecule has 1 atom stereocenters. The zero-order valence-corrected chi connectivity index (χ0v) is 13.2. The third-order valence-corrected chi connectivity index (χ3v) is 4.30. The van der Waals surface area contributed by atoms with Gasteiger partial charge in [-0.3, -0.25) is 14.4 Å². The van der Waals surface area contributed by atoms with Crippen LogP contribution in [0.1, 0.15) is 38.3 Å². The molecule has 0 unspecified atom stereocenters. The quantitative estimate of drug-likeness (QED) is 0.838. The van der Waals surface area contributed by atoms with Crippen molar-refractivity contribution in [3.63, 3.8) is 0 Å². The van der Waals surface area contributed by atoms with Gasteiger partial charge in [-0.05, 0) is 33.2 Å². The first kappa shape index (κ1) is 15.5. The minimum absolute atomic E-state index is 0.0164. The highest BCUT2D eigenvalue weighted by Gasteiger charge is 2.32. The molecular formula is C15H23N5O. The summed E-state index contributed by atoms with van der Waals surface area (Å²) in [6.45, 7) is 4.77. The maximum Gasteiger partial charge on any atom is 0.237 e. The molecule has 21 heavy (non-hydrogen) atoms. The van der Waals surface area contributed by atoms with E-state index in [2.05, 4.69) is 16.1 Å². The number of hydrogen-bond acceptors (Lipinski definition) is 4. The molecule has 1 aliphatic rings. The minimum Gasteiger partial charge on any atom is -0.326 e. The molecule has 1 saturated heterocycles. The van der Waals surface area contributed by atoms with E-state index in [4.69, 9.17) is 5.26 Å². The van der Waals surface area contributed by atoms with Crippen molar-refractivity contribution in [2.75, 3.05) is 20.1 Å². The summed E-state index contributed by atoms with van der Waals surface area (Å²) in [5.41, 5.74) is 0.380. The second-order valence-electron chi connectivity index (χ2n) is 6.20. The largest absolute Gasteiger partial charge is 0.326 e. The maximum absolute atomic E-state index is 12.4. The van der Waals surface area contributed by atoms with E-state index in [1.165, 1.54) is 4.90 Å². The molecule has 2 rings (SSSR count). The molecule has 114 valence electrons. The van der Waals surface area contributed by atoms with Gasteiger partial charge in [-0.1, -0.05) is 0 Å². The van der Waals surface area contributed by atoms with Gasteiger partial charge in [-0.2, -0.15) is 10.4 Å². The number of nitrogens with zero attached hydrogens (tertiary/aromatic N) is 5. The van der Waals surface area contributed by atoms with E-state index in [1.807, 2.05) is 19.4 Å². The number of likely N-dealkylation sites (N-methyl/N-ethyl adjacent to an activating group) is 1. The van der Waals surface area contributed by atoms with Gasteiger partial charge in [0.1, 0.15) is 5.54 Å². The third kappa shape index (κ3) is 3.24. The van der Waals surface area contributed by atoms with Crippen molar-refractivity contribution in [1.82, 2.24) is 19.6 Å². The van der Waals surface area contributed by atoms with Crippen LogP contribution in [-0.4, -0.2) is 51.2 Å². The molecule has 6 heteroatoms. The molecule has 2 heterocycles. The van der Waals surface area contributed by atoms with Gasteiger partial charge in [0.2, 0.25) is 5.91 Å². The molecule has 0 aliphatic carbocycles. The number of carbonyl (C=O) groups excluding carboxylic acids is 1. The minimum atomic E-state index is -0.777. The summed E-state index contributed by atoms with van der Waals surface area (Å²) in [6.07, 6.45) is 6.01. The first-order valence-electron chi connectivity index (χ1n) is 7.25. The average molecular weight is 289 g/mol. The van der Waals surface area contributed by atoms with Crippen molar-refractivity contribution in [3.05, 3.63) is 18.0 Å². The van der Waals surface area contributed by atoms with E-state index in [0.717, 1.165) is 24.9 Å². The molecule has 0 bridgehead atoms. The maximum atomic E-state index is 12.4. The number of likely N-dealkylation sites (tertiary alicyclic amines) is 1. The van der Waals surface area contributed by atoms with Crippen molar-refractivity contribution in [2.24, 2.45) is 7.05 Å². The predicted molar refractivity (Wildman–Crippen MR) is 79.2 cm³/mol. The molecule has 6 nitrogen and oxygen atoms in total. The molecule has 0 N–H and O–H groups in total. The Kier molecular flexibility index (Phi) is 4.33. The van der Waals surface area contributed by atoms with Crippen LogP contribution in [0.5, 0.6) is 0 Å². The molecule has 0 radical (unpaired) electrons. The Morgan fingerprint density at radius 3 is 2.90 bits per heavy atom. The average Bonchev–Trinajstić information content (AvgIpc) is 3.06. The summed E-state index contributed by atoms with van der Waals surface area (Å²) in [6, 6.07) is 2.42. The van der Waals surface area contributed by atoms with Gasteiger partial charge in [0, 0.05) is 31.9 Å². The summed E-state index contributed by atoms with van der Waals surface area (Å²) in [5.74, 6) is -0.0164. The molecule has 1 aromatic heterocycles. The summed E-state index contributed by atoms with van der Waals surface area (Å²) < 4.78 is 1.79. The lowest BCUT2D eigenvalue weighted by Crippen LogP contribution is -2.48. The van der Waals surface area contributed by atoms with Gasteiger partial charge >= 0.3 is 0 Å². The van der Waals surface area contributed by atoms with E-state index in [9.17, 15) is 4.79 Å². The van der Waals surface area contributed by atoms with Gasteiger partial charge in [0.15, 0.2) is 0 Å².